The van der Waals surface area contributed by atoms with Gasteiger partial charge in [0.15, 0.2) is 5.96 Å². The fourth-order valence-electron chi connectivity index (χ4n) is 4.35. The van der Waals surface area contributed by atoms with E-state index in [-0.39, 0.29) is 11.9 Å². The third-order valence-corrected chi connectivity index (χ3v) is 5.73. The molecular weight excluding hydrogens is 274 g/mol. The zero-order valence-electron chi connectivity index (χ0n) is 14.6. The average Bonchev–Trinajstić information content (AvgIpc) is 2.76. The highest BCUT2D eigenvalue weighted by molar-refractivity contribution is 6.07. The van der Waals surface area contributed by atoms with Crippen molar-refractivity contribution in [3.63, 3.8) is 0 Å². The molecule has 1 saturated heterocycles. The van der Waals surface area contributed by atoms with Crippen LogP contribution in [0.1, 0.15) is 78.1 Å². The van der Waals surface area contributed by atoms with E-state index in [2.05, 4.69) is 19.2 Å². The smallest absolute Gasteiger partial charge is 0.255 e. The molecular formula is C18H33N3O. The van der Waals surface area contributed by atoms with Crippen LogP contribution in [0.2, 0.25) is 0 Å². The molecule has 3 unspecified atom stereocenters. The summed E-state index contributed by atoms with van der Waals surface area (Å²) in [5.74, 6) is 1.59. The van der Waals surface area contributed by atoms with Gasteiger partial charge in [0.2, 0.25) is 0 Å². The molecule has 2 rings (SSSR count). The highest BCUT2D eigenvalue weighted by Gasteiger charge is 2.53. The minimum atomic E-state index is -0.493. The van der Waals surface area contributed by atoms with Gasteiger partial charge >= 0.3 is 0 Å². The summed E-state index contributed by atoms with van der Waals surface area (Å²) in [5.41, 5.74) is -0.493. The maximum atomic E-state index is 12.9. The van der Waals surface area contributed by atoms with E-state index in [9.17, 15) is 4.79 Å². The lowest BCUT2D eigenvalue weighted by Crippen LogP contribution is -2.54. The van der Waals surface area contributed by atoms with Gasteiger partial charge < -0.3 is 5.32 Å². The van der Waals surface area contributed by atoms with Crippen LogP contribution in [0.25, 0.3) is 0 Å². The number of nitrogens with zero attached hydrogens (tertiary/aromatic N) is 1. The van der Waals surface area contributed by atoms with Crippen LogP contribution in [-0.2, 0) is 4.79 Å². The average molecular weight is 307 g/mol. The Labute approximate surface area is 135 Å². The first-order valence-electron chi connectivity index (χ1n) is 9.20. The lowest BCUT2D eigenvalue weighted by molar-refractivity contribution is -0.133. The molecule has 2 fully saturated rings. The zero-order chi connectivity index (χ0) is 16.2. The second kappa shape index (κ2) is 7.47. The molecule has 1 amide bonds. The number of hydrogen-bond acceptors (Lipinski definition) is 2. The van der Waals surface area contributed by atoms with Crippen molar-refractivity contribution in [2.75, 3.05) is 7.05 Å². The Bertz CT molecular complexity index is 409. The van der Waals surface area contributed by atoms with Crippen LogP contribution in [0.5, 0.6) is 0 Å². The first-order valence-corrected chi connectivity index (χ1v) is 9.20. The molecule has 3 atom stereocenters. The molecule has 0 radical (unpaired) electrons. The molecule has 0 aromatic rings. The Kier molecular flexibility index (Phi) is 5.87. The Morgan fingerprint density at radius 1 is 1.27 bits per heavy atom. The minimum Gasteiger partial charge on any atom is -0.341 e. The Morgan fingerprint density at radius 2 is 2.00 bits per heavy atom. The Balaban J connectivity index is 2.15. The van der Waals surface area contributed by atoms with Gasteiger partial charge in [-0.15, -0.1) is 0 Å². The van der Waals surface area contributed by atoms with Gasteiger partial charge in [-0.05, 0) is 31.1 Å². The molecule has 0 aromatic heterocycles. The van der Waals surface area contributed by atoms with Crippen LogP contribution in [0, 0.1) is 17.2 Å². The van der Waals surface area contributed by atoms with Crippen LogP contribution in [0.4, 0.5) is 0 Å². The summed E-state index contributed by atoms with van der Waals surface area (Å²) in [6.07, 6.45) is 11.7. The van der Waals surface area contributed by atoms with Gasteiger partial charge in [-0.2, -0.15) is 0 Å². The number of likely N-dealkylation sites (N-methyl/N-ethyl adjacent to an activating group) is 1. The number of carbonyl (C=O) groups excluding carboxylic acids is 1. The molecule has 0 spiro atoms. The van der Waals surface area contributed by atoms with Gasteiger partial charge in [0.25, 0.3) is 5.91 Å². The summed E-state index contributed by atoms with van der Waals surface area (Å²) < 4.78 is 0. The summed E-state index contributed by atoms with van der Waals surface area (Å²) in [5, 5.41) is 11.4. The van der Waals surface area contributed by atoms with Crippen molar-refractivity contribution in [1.29, 1.82) is 5.41 Å². The van der Waals surface area contributed by atoms with Crippen molar-refractivity contribution in [2.24, 2.45) is 11.8 Å². The highest BCUT2D eigenvalue weighted by Crippen LogP contribution is 2.42. The molecule has 0 aromatic carbocycles. The van der Waals surface area contributed by atoms with Gasteiger partial charge in [0.1, 0.15) is 5.54 Å². The number of amides is 1. The van der Waals surface area contributed by atoms with Crippen molar-refractivity contribution in [1.82, 2.24) is 10.2 Å². The van der Waals surface area contributed by atoms with Gasteiger partial charge in [-0.25, -0.2) is 0 Å². The first kappa shape index (κ1) is 17.3. The van der Waals surface area contributed by atoms with Crippen molar-refractivity contribution < 1.29 is 4.79 Å². The predicted molar refractivity (Wildman–Crippen MR) is 90.9 cm³/mol. The number of carbonyl (C=O) groups is 1. The van der Waals surface area contributed by atoms with Gasteiger partial charge in [-0.3, -0.25) is 15.1 Å². The second-order valence-corrected chi connectivity index (χ2v) is 7.28. The third kappa shape index (κ3) is 3.31. The summed E-state index contributed by atoms with van der Waals surface area (Å²) in [4.78, 5) is 14.4. The number of unbranched alkanes of at least 4 members (excludes halogenated alkanes) is 2. The number of guanidine groups is 1. The quantitative estimate of drug-likeness (QED) is 0.749. The van der Waals surface area contributed by atoms with Crippen molar-refractivity contribution in [2.45, 2.75) is 83.6 Å². The van der Waals surface area contributed by atoms with Gasteiger partial charge in [0, 0.05) is 7.05 Å². The molecule has 1 aliphatic carbocycles. The monoisotopic (exact) mass is 307 g/mol. The summed E-state index contributed by atoms with van der Waals surface area (Å²) in [6, 6.07) is 0. The topological polar surface area (TPSA) is 56.2 Å². The fraction of sp³-hybridized carbons (Fsp3) is 0.889. The SMILES string of the molecule is CCCCC1CCCC(C2(CCCC)NC(=N)N(C)C2=O)C1. The lowest BCUT2D eigenvalue weighted by atomic mass is 9.68. The standard InChI is InChI=1S/C18H33N3O/c1-4-6-9-14-10-8-11-15(13-14)18(12-7-5-2)16(22)21(3)17(19)20-18/h14-15H,4-13H2,1-3H3,(H2,19,20). The van der Waals surface area contributed by atoms with Crippen LogP contribution < -0.4 is 5.32 Å². The van der Waals surface area contributed by atoms with Crippen molar-refractivity contribution in [3.05, 3.63) is 0 Å². The maximum absolute atomic E-state index is 12.9. The van der Waals surface area contributed by atoms with E-state index in [1.54, 1.807) is 7.05 Å². The molecule has 1 aliphatic heterocycles. The van der Waals surface area contributed by atoms with E-state index in [0.717, 1.165) is 38.0 Å². The first-order chi connectivity index (χ1) is 10.5. The third-order valence-electron chi connectivity index (χ3n) is 5.73. The molecule has 1 heterocycles. The van der Waals surface area contributed by atoms with Gasteiger partial charge in [0.05, 0.1) is 0 Å². The van der Waals surface area contributed by atoms with E-state index < -0.39 is 5.54 Å². The Hall–Kier alpha value is -1.06. The van der Waals surface area contributed by atoms with E-state index in [1.807, 2.05) is 0 Å². The molecule has 22 heavy (non-hydrogen) atoms. The van der Waals surface area contributed by atoms with Crippen LogP contribution in [0.3, 0.4) is 0 Å². The second-order valence-electron chi connectivity index (χ2n) is 7.28. The summed E-state index contributed by atoms with van der Waals surface area (Å²) >= 11 is 0. The molecule has 2 N–H and O–H groups in total. The molecule has 4 heteroatoms. The number of rotatable bonds is 7. The van der Waals surface area contributed by atoms with Crippen LogP contribution >= 0.6 is 0 Å². The highest BCUT2D eigenvalue weighted by atomic mass is 16.2. The van der Waals surface area contributed by atoms with E-state index in [0.29, 0.717) is 5.92 Å². The molecule has 0 bridgehead atoms. The summed E-state index contributed by atoms with van der Waals surface area (Å²) in [6.45, 7) is 4.43. The lowest BCUT2D eigenvalue weighted by Gasteiger charge is -2.40. The van der Waals surface area contributed by atoms with Gasteiger partial charge in [-0.1, -0.05) is 58.8 Å². The summed E-state index contributed by atoms with van der Waals surface area (Å²) in [7, 11) is 1.74. The number of hydrogen-bond donors (Lipinski definition) is 2. The zero-order valence-corrected chi connectivity index (χ0v) is 14.6. The van der Waals surface area contributed by atoms with E-state index in [1.165, 1.54) is 37.0 Å². The largest absolute Gasteiger partial charge is 0.341 e. The van der Waals surface area contributed by atoms with E-state index >= 15 is 0 Å². The van der Waals surface area contributed by atoms with Crippen molar-refractivity contribution >= 4 is 11.9 Å². The molecule has 1 saturated carbocycles. The molecule has 2 aliphatic rings. The Morgan fingerprint density at radius 3 is 2.59 bits per heavy atom. The van der Waals surface area contributed by atoms with Crippen molar-refractivity contribution in [3.8, 4) is 0 Å². The predicted octanol–water partition coefficient (Wildman–Crippen LogP) is 3.91. The maximum Gasteiger partial charge on any atom is 0.255 e. The normalized spacial score (nSPS) is 32.4. The fourth-order valence-corrected chi connectivity index (χ4v) is 4.35. The molecule has 4 nitrogen and oxygen atoms in total. The number of nitrogens with one attached hydrogen (secondary N) is 2. The minimum absolute atomic E-state index is 0.132. The molecule has 126 valence electrons. The van der Waals surface area contributed by atoms with E-state index in [4.69, 9.17) is 5.41 Å². The van der Waals surface area contributed by atoms with Crippen LogP contribution in [-0.4, -0.2) is 29.4 Å². The van der Waals surface area contributed by atoms with Crippen LogP contribution in [0.15, 0.2) is 0 Å².